The summed E-state index contributed by atoms with van der Waals surface area (Å²) < 4.78 is 61.0. The summed E-state index contributed by atoms with van der Waals surface area (Å²) in [5.41, 5.74) is 1.30. The molecule has 1 saturated heterocycles. The molecule has 2 aromatic carbocycles. The molecule has 0 unspecified atom stereocenters. The van der Waals surface area contributed by atoms with Crippen LogP contribution in [-0.2, 0) is 21.2 Å². The molecule has 1 heterocycles. The Morgan fingerprint density at radius 1 is 1.22 bits per heavy atom. The van der Waals surface area contributed by atoms with E-state index in [0.717, 1.165) is 0 Å². The number of methoxy groups -OCH3 is 1. The maximum Gasteiger partial charge on any atom is 0.337 e. The molecule has 1 fully saturated rings. The highest BCUT2D eigenvalue weighted by molar-refractivity contribution is 7.92. The van der Waals surface area contributed by atoms with E-state index in [2.05, 4.69) is 9.46 Å². The van der Waals surface area contributed by atoms with E-state index in [1.54, 1.807) is 24.0 Å². The third kappa shape index (κ3) is 4.99. The summed E-state index contributed by atoms with van der Waals surface area (Å²) in [6, 6.07) is 10.6. The number of aryl methyl sites for hydroxylation is 1. The van der Waals surface area contributed by atoms with Gasteiger partial charge in [-0.3, -0.25) is 4.72 Å². The van der Waals surface area contributed by atoms with Gasteiger partial charge in [-0.05, 0) is 42.3 Å². The van der Waals surface area contributed by atoms with Crippen molar-refractivity contribution >= 4 is 27.4 Å². The van der Waals surface area contributed by atoms with Crippen LogP contribution >= 0.6 is 0 Å². The number of esters is 1. The van der Waals surface area contributed by atoms with Gasteiger partial charge in [0.05, 0.1) is 40.6 Å². The van der Waals surface area contributed by atoms with E-state index in [1.807, 2.05) is 6.07 Å². The first-order valence-corrected chi connectivity index (χ1v) is 11.5. The van der Waals surface area contributed by atoms with Crippen molar-refractivity contribution in [3.05, 3.63) is 53.1 Å². The fraction of sp³-hybridized carbons (Fsp3) is 0.364. The predicted octanol–water partition coefficient (Wildman–Crippen LogP) is 3.94. The fourth-order valence-corrected chi connectivity index (χ4v) is 4.98. The van der Waals surface area contributed by atoms with E-state index < -0.39 is 21.9 Å². The molecule has 170 valence electrons. The molecular formula is C22H23F2N3O4S. The molecule has 0 radical (unpaired) electrons. The lowest BCUT2D eigenvalue weighted by molar-refractivity contribution is -0.0220. The van der Waals surface area contributed by atoms with E-state index >= 15 is 0 Å². The Morgan fingerprint density at radius 2 is 1.91 bits per heavy atom. The molecule has 0 saturated carbocycles. The number of alkyl halides is 2. The van der Waals surface area contributed by atoms with Crippen LogP contribution in [0.3, 0.4) is 0 Å². The van der Waals surface area contributed by atoms with Gasteiger partial charge in [-0.15, -0.1) is 0 Å². The summed E-state index contributed by atoms with van der Waals surface area (Å²) in [5, 5.41) is 9.26. The van der Waals surface area contributed by atoms with Gasteiger partial charge in [-0.25, -0.2) is 22.0 Å². The normalized spacial score (nSPS) is 15.7. The van der Waals surface area contributed by atoms with E-state index in [4.69, 9.17) is 0 Å². The van der Waals surface area contributed by atoms with Crippen LogP contribution in [0.25, 0.3) is 0 Å². The maximum absolute atomic E-state index is 13.6. The second-order valence-corrected chi connectivity index (χ2v) is 9.11. The standard InChI is InChI=1S/C22H23F2N3O4S/c1-3-16-5-6-17(21(28)31-2)13-20(16)32(29,30)26-18-12-15(14-25)4-7-19(18)27-10-8-22(23,24)9-11-27/h4-7,12-13,26H,3,8-11H2,1-2H3. The van der Waals surface area contributed by atoms with E-state index in [9.17, 15) is 27.3 Å². The molecule has 0 spiro atoms. The average molecular weight is 464 g/mol. The number of carbonyl (C=O) groups excluding carboxylic acids is 1. The van der Waals surface area contributed by atoms with Crippen molar-refractivity contribution in [1.82, 2.24) is 0 Å². The van der Waals surface area contributed by atoms with Crippen LogP contribution < -0.4 is 9.62 Å². The molecule has 1 N–H and O–H groups in total. The van der Waals surface area contributed by atoms with Crippen LogP contribution in [0.4, 0.5) is 20.2 Å². The topological polar surface area (TPSA) is 99.5 Å². The number of nitrogens with zero attached hydrogens (tertiary/aromatic N) is 2. The van der Waals surface area contributed by atoms with Gasteiger partial charge in [0.2, 0.25) is 0 Å². The zero-order chi connectivity index (χ0) is 23.5. The van der Waals surface area contributed by atoms with Crippen molar-refractivity contribution in [2.75, 3.05) is 29.8 Å². The molecule has 0 atom stereocenters. The van der Waals surface area contributed by atoms with Crippen molar-refractivity contribution < 1.29 is 26.7 Å². The van der Waals surface area contributed by atoms with Crippen LogP contribution in [0.2, 0.25) is 0 Å². The Kier molecular flexibility index (Phi) is 6.69. The molecule has 0 bridgehead atoms. The van der Waals surface area contributed by atoms with E-state index in [1.165, 1.54) is 31.4 Å². The van der Waals surface area contributed by atoms with Crippen LogP contribution in [0, 0.1) is 11.3 Å². The number of benzene rings is 2. The number of hydrogen-bond donors (Lipinski definition) is 1. The van der Waals surface area contributed by atoms with Gasteiger partial charge in [0.25, 0.3) is 15.9 Å². The first-order chi connectivity index (χ1) is 15.1. The number of nitriles is 1. The Bertz CT molecular complexity index is 1170. The quantitative estimate of drug-likeness (QED) is 0.652. The van der Waals surface area contributed by atoms with E-state index in [-0.39, 0.29) is 47.6 Å². The molecule has 1 aliphatic heterocycles. The molecule has 7 nitrogen and oxygen atoms in total. The molecule has 1 aliphatic rings. The summed E-state index contributed by atoms with van der Waals surface area (Å²) in [6.45, 7) is 1.87. The first-order valence-electron chi connectivity index (χ1n) is 10.0. The predicted molar refractivity (Wildman–Crippen MR) is 116 cm³/mol. The number of anilines is 2. The lowest BCUT2D eigenvalue weighted by Crippen LogP contribution is -2.39. The van der Waals surface area contributed by atoms with Crippen LogP contribution in [0.1, 0.15) is 41.3 Å². The van der Waals surface area contributed by atoms with Crippen molar-refractivity contribution in [3.8, 4) is 6.07 Å². The molecule has 0 aromatic heterocycles. The molecule has 10 heteroatoms. The summed E-state index contributed by atoms with van der Waals surface area (Å²) in [6.07, 6.45) is -0.301. The minimum Gasteiger partial charge on any atom is -0.465 e. The SMILES string of the molecule is CCc1ccc(C(=O)OC)cc1S(=O)(=O)Nc1cc(C#N)ccc1N1CCC(F)(F)CC1. The molecule has 32 heavy (non-hydrogen) atoms. The first kappa shape index (κ1) is 23.5. The Balaban J connectivity index is 2.02. The van der Waals surface area contributed by atoms with Gasteiger partial charge in [0, 0.05) is 25.9 Å². The lowest BCUT2D eigenvalue weighted by Gasteiger charge is -2.34. The maximum atomic E-state index is 13.6. The Hall–Kier alpha value is -3.19. The lowest BCUT2D eigenvalue weighted by atomic mass is 10.1. The monoisotopic (exact) mass is 463 g/mol. The van der Waals surface area contributed by atoms with Crippen molar-refractivity contribution in [2.24, 2.45) is 0 Å². The van der Waals surface area contributed by atoms with Gasteiger partial charge in [-0.1, -0.05) is 13.0 Å². The van der Waals surface area contributed by atoms with E-state index in [0.29, 0.717) is 17.7 Å². The summed E-state index contributed by atoms with van der Waals surface area (Å²) >= 11 is 0. The Labute approximate surface area is 185 Å². The van der Waals surface area contributed by atoms with Gasteiger partial charge in [0.1, 0.15) is 0 Å². The molecule has 3 rings (SSSR count). The fourth-order valence-electron chi connectivity index (χ4n) is 3.58. The number of sulfonamides is 1. The molecule has 2 aromatic rings. The number of piperidine rings is 1. The third-order valence-corrected chi connectivity index (χ3v) is 6.81. The third-order valence-electron chi connectivity index (χ3n) is 5.36. The summed E-state index contributed by atoms with van der Waals surface area (Å²) in [5.74, 6) is -3.43. The number of ether oxygens (including phenoxy) is 1. The van der Waals surface area contributed by atoms with Crippen molar-refractivity contribution in [3.63, 3.8) is 0 Å². The van der Waals surface area contributed by atoms with Gasteiger partial charge in [-0.2, -0.15) is 5.26 Å². The second-order valence-electron chi connectivity index (χ2n) is 7.46. The van der Waals surface area contributed by atoms with Crippen molar-refractivity contribution in [1.29, 1.82) is 5.26 Å². The van der Waals surface area contributed by atoms with Crippen LogP contribution in [0.5, 0.6) is 0 Å². The van der Waals surface area contributed by atoms with Gasteiger partial charge in [0.15, 0.2) is 0 Å². The minimum atomic E-state index is -4.17. The highest BCUT2D eigenvalue weighted by Crippen LogP contribution is 2.35. The number of rotatable bonds is 6. The minimum absolute atomic E-state index is 0.0473. The number of hydrogen-bond acceptors (Lipinski definition) is 6. The highest BCUT2D eigenvalue weighted by atomic mass is 32.2. The number of carbonyl (C=O) groups is 1. The van der Waals surface area contributed by atoms with Gasteiger partial charge >= 0.3 is 5.97 Å². The van der Waals surface area contributed by atoms with Crippen LogP contribution in [0.15, 0.2) is 41.3 Å². The largest absolute Gasteiger partial charge is 0.465 e. The average Bonchev–Trinajstić information content (AvgIpc) is 2.78. The van der Waals surface area contributed by atoms with Gasteiger partial charge < -0.3 is 9.64 Å². The molecule has 0 aliphatic carbocycles. The zero-order valence-corrected chi connectivity index (χ0v) is 18.5. The number of nitrogens with one attached hydrogen (secondary N) is 1. The summed E-state index contributed by atoms with van der Waals surface area (Å²) in [4.78, 5) is 13.5. The molecular weight excluding hydrogens is 440 g/mol. The Morgan fingerprint density at radius 3 is 2.50 bits per heavy atom. The smallest absolute Gasteiger partial charge is 0.337 e. The zero-order valence-electron chi connectivity index (χ0n) is 17.7. The number of halogens is 2. The van der Waals surface area contributed by atoms with Crippen molar-refractivity contribution in [2.45, 2.75) is 37.0 Å². The second kappa shape index (κ2) is 9.12. The highest BCUT2D eigenvalue weighted by Gasteiger charge is 2.35. The van der Waals surface area contributed by atoms with Crippen LogP contribution in [-0.4, -0.2) is 40.5 Å². The molecule has 0 amide bonds. The summed E-state index contributed by atoms with van der Waals surface area (Å²) in [7, 11) is -2.97.